The van der Waals surface area contributed by atoms with Gasteiger partial charge < -0.3 is 21.5 Å². The molecule has 2 rings (SSSR count). The lowest BCUT2D eigenvalue weighted by Crippen LogP contribution is -2.14. The van der Waals surface area contributed by atoms with E-state index in [4.69, 9.17) is 16.2 Å². The number of benzene rings is 1. The Labute approximate surface area is 145 Å². The monoisotopic (exact) mass is 347 g/mol. The zero-order valence-corrected chi connectivity index (χ0v) is 14.3. The van der Waals surface area contributed by atoms with Crippen LogP contribution in [0.3, 0.4) is 0 Å². The van der Waals surface area contributed by atoms with Crippen LogP contribution in [0, 0.1) is 0 Å². The zero-order valence-electron chi connectivity index (χ0n) is 13.5. The highest BCUT2D eigenvalue weighted by Crippen LogP contribution is 2.18. The number of rotatable bonds is 8. The van der Waals surface area contributed by atoms with Gasteiger partial charge in [-0.3, -0.25) is 4.79 Å². The number of aromatic nitrogens is 2. The maximum Gasteiger partial charge on any atom is 0.234 e. The second-order valence-electron chi connectivity index (χ2n) is 5.06. The maximum absolute atomic E-state index is 12.0. The van der Waals surface area contributed by atoms with E-state index < -0.39 is 0 Å². The minimum Gasteiger partial charge on any atom is -0.494 e. The highest BCUT2D eigenvalue weighted by atomic mass is 32.2. The molecule has 0 atom stereocenters. The van der Waals surface area contributed by atoms with Gasteiger partial charge in [-0.2, -0.15) is 0 Å². The first-order valence-corrected chi connectivity index (χ1v) is 8.61. The van der Waals surface area contributed by atoms with E-state index in [1.165, 1.54) is 17.8 Å². The third-order valence-electron chi connectivity index (χ3n) is 2.98. The highest BCUT2D eigenvalue weighted by Gasteiger charge is 2.07. The van der Waals surface area contributed by atoms with Gasteiger partial charge in [0.1, 0.15) is 17.4 Å². The van der Waals surface area contributed by atoms with Crippen LogP contribution in [0.4, 0.5) is 17.3 Å². The lowest BCUT2D eigenvalue weighted by atomic mass is 10.3. The van der Waals surface area contributed by atoms with Gasteiger partial charge in [-0.25, -0.2) is 9.97 Å². The minimum atomic E-state index is -0.163. The molecule has 7 nitrogen and oxygen atoms in total. The van der Waals surface area contributed by atoms with Crippen molar-refractivity contribution in [2.75, 3.05) is 29.1 Å². The van der Waals surface area contributed by atoms with E-state index in [1.54, 1.807) is 12.1 Å². The molecule has 0 spiro atoms. The summed E-state index contributed by atoms with van der Waals surface area (Å²) in [6.07, 6.45) is 2.11. The van der Waals surface area contributed by atoms with Crippen molar-refractivity contribution < 1.29 is 9.53 Å². The molecule has 0 aliphatic heterocycles. The summed E-state index contributed by atoms with van der Waals surface area (Å²) in [5, 5.41) is 3.18. The largest absolute Gasteiger partial charge is 0.494 e. The Balaban J connectivity index is 1.81. The molecule has 0 saturated carbocycles. The first-order valence-electron chi connectivity index (χ1n) is 7.62. The van der Waals surface area contributed by atoms with Gasteiger partial charge in [-0.15, -0.1) is 0 Å². The number of unbranched alkanes of at least 4 members (excludes halogenated alkanes) is 1. The van der Waals surface area contributed by atoms with Crippen LogP contribution >= 0.6 is 11.8 Å². The summed E-state index contributed by atoms with van der Waals surface area (Å²) < 4.78 is 5.58. The number of anilines is 3. The minimum absolute atomic E-state index is 0.163. The fraction of sp³-hybridized carbons (Fsp3) is 0.312. The van der Waals surface area contributed by atoms with Crippen molar-refractivity contribution in [3.63, 3.8) is 0 Å². The smallest absolute Gasteiger partial charge is 0.234 e. The SMILES string of the molecule is CCCCOc1ccc(NC(=O)CSc2nc(N)cc(N)n2)cc1. The van der Waals surface area contributed by atoms with Crippen molar-refractivity contribution >= 4 is 35.0 Å². The van der Waals surface area contributed by atoms with Gasteiger partial charge in [0, 0.05) is 11.8 Å². The van der Waals surface area contributed by atoms with Crippen LogP contribution in [0.2, 0.25) is 0 Å². The molecule has 1 heterocycles. The first kappa shape index (κ1) is 17.9. The lowest BCUT2D eigenvalue weighted by molar-refractivity contribution is -0.113. The van der Waals surface area contributed by atoms with Gasteiger partial charge in [0.05, 0.1) is 12.4 Å². The van der Waals surface area contributed by atoms with Crippen LogP contribution in [0.5, 0.6) is 5.75 Å². The van der Waals surface area contributed by atoms with Crippen LogP contribution in [0.15, 0.2) is 35.5 Å². The molecular weight excluding hydrogens is 326 g/mol. The second-order valence-corrected chi connectivity index (χ2v) is 6.01. The molecule has 1 aromatic heterocycles. The third-order valence-corrected chi connectivity index (χ3v) is 3.83. The first-order chi connectivity index (χ1) is 11.6. The fourth-order valence-electron chi connectivity index (χ4n) is 1.82. The highest BCUT2D eigenvalue weighted by molar-refractivity contribution is 7.99. The summed E-state index contributed by atoms with van der Waals surface area (Å²) in [6.45, 7) is 2.81. The number of carbonyl (C=O) groups is 1. The number of nitrogens with two attached hydrogens (primary N) is 2. The summed E-state index contributed by atoms with van der Waals surface area (Å²) in [5.41, 5.74) is 11.9. The summed E-state index contributed by atoms with van der Waals surface area (Å²) in [7, 11) is 0. The van der Waals surface area contributed by atoms with E-state index in [0.717, 1.165) is 18.6 Å². The van der Waals surface area contributed by atoms with E-state index in [9.17, 15) is 4.79 Å². The third kappa shape index (κ3) is 5.96. The summed E-state index contributed by atoms with van der Waals surface area (Å²) >= 11 is 1.17. The average Bonchev–Trinajstić information content (AvgIpc) is 2.54. The molecule has 128 valence electrons. The van der Waals surface area contributed by atoms with Gasteiger partial charge in [0.2, 0.25) is 5.91 Å². The van der Waals surface area contributed by atoms with E-state index >= 15 is 0 Å². The van der Waals surface area contributed by atoms with Gasteiger partial charge in [-0.1, -0.05) is 25.1 Å². The molecule has 24 heavy (non-hydrogen) atoms. The van der Waals surface area contributed by atoms with Gasteiger partial charge in [0.25, 0.3) is 0 Å². The van der Waals surface area contributed by atoms with E-state index in [2.05, 4.69) is 22.2 Å². The molecular formula is C16H21N5O2S. The van der Waals surface area contributed by atoms with E-state index in [1.807, 2.05) is 12.1 Å². The molecule has 0 radical (unpaired) electrons. The Morgan fingerprint density at radius 3 is 2.50 bits per heavy atom. The summed E-state index contributed by atoms with van der Waals surface area (Å²) in [5.74, 6) is 1.36. The maximum atomic E-state index is 12.0. The van der Waals surface area contributed by atoms with Gasteiger partial charge in [0.15, 0.2) is 5.16 Å². The summed E-state index contributed by atoms with van der Waals surface area (Å²) in [6, 6.07) is 8.74. The molecule has 0 unspecified atom stereocenters. The molecule has 1 aromatic carbocycles. The van der Waals surface area contributed by atoms with Crippen LogP contribution in [-0.2, 0) is 4.79 Å². The van der Waals surface area contributed by atoms with Crippen LogP contribution in [-0.4, -0.2) is 28.2 Å². The predicted molar refractivity (Wildman–Crippen MR) is 97.1 cm³/mol. The molecule has 5 N–H and O–H groups in total. The quantitative estimate of drug-likeness (QED) is 0.382. The molecule has 0 saturated heterocycles. The predicted octanol–water partition coefficient (Wildman–Crippen LogP) is 2.55. The molecule has 1 amide bonds. The van der Waals surface area contributed by atoms with Crippen LogP contribution in [0.1, 0.15) is 19.8 Å². The van der Waals surface area contributed by atoms with E-state index in [-0.39, 0.29) is 23.3 Å². The van der Waals surface area contributed by atoms with Crippen molar-refractivity contribution in [2.45, 2.75) is 24.9 Å². The number of thioether (sulfide) groups is 1. The molecule has 0 aliphatic rings. The number of carbonyl (C=O) groups excluding carboxylic acids is 1. The number of amides is 1. The standard InChI is InChI=1S/C16H21N5O2S/c1-2-3-8-23-12-6-4-11(5-7-12)19-15(22)10-24-16-20-13(17)9-14(18)21-16/h4-7,9H,2-3,8,10H2,1H3,(H,19,22)(H4,17,18,20,21). The van der Waals surface area contributed by atoms with Crippen molar-refractivity contribution in [1.82, 2.24) is 9.97 Å². The number of nitrogens with one attached hydrogen (secondary N) is 1. The Kier molecular flexibility index (Phi) is 6.68. The van der Waals surface area contributed by atoms with Gasteiger partial charge in [-0.05, 0) is 30.7 Å². The average molecular weight is 347 g/mol. The number of hydrogen-bond donors (Lipinski definition) is 3. The molecule has 2 aromatic rings. The van der Waals surface area contributed by atoms with Crippen molar-refractivity contribution in [3.8, 4) is 5.75 Å². The Morgan fingerprint density at radius 1 is 1.21 bits per heavy atom. The molecule has 0 fully saturated rings. The van der Waals surface area contributed by atoms with Gasteiger partial charge >= 0.3 is 0 Å². The van der Waals surface area contributed by atoms with E-state index in [0.29, 0.717) is 17.5 Å². The number of nitrogen functional groups attached to an aromatic ring is 2. The topological polar surface area (TPSA) is 116 Å². The number of hydrogen-bond acceptors (Lipinski definition) is 7. The van der Waals surface area contributed by atoms with Crippen LogP contribution < -0.4 is 21.5 Å². The van der Waals surface area contributed by atoms with Crippen molar-refractivity contribution in [1.29, 1.82) is 0 Å². The van der Waals surface area contributed by atoms with Crippen LogP contribution in [0.25, 0.3) is 0 Å². The Morgan fingerprint density at radius 2 is 1.88 bits per heavy atom. The zero-order chi connectivity index (χ0) is 17.4. The Hall–Kier alpha value is -2.48. The van der Waals surface area contributed by atoms with Crippen molar-refractivity contribution in [2.24, 2.45) is 0 Å². The fourth-order valence-corrected chi connectivity index (χ4v) is 2.49. The Bertz CT molecular complexity index is 658. The molecule has 0 bridgehead atoms. The number of ether oxygens (including phenoxy) is 1. The molecule has 8 heteroatoms. The second kappa shape index (κ2) is 8.97. The van der Waals surface area contributed by atoms with Crippen molar-refractivity contribution in [3.05, 3.63) is 30.3 Å². The lowest BCUT2D eigenvalue weighted by Gasteiger charge is -2.08. The normalized spacial score (nSPS) is 10.4. The summed E-state index contributed by atoms with van der Waals surface area (Å²) in [4.78, 5) is 20.0. The molecule has 0 aliphatic carbocycles. The number of nitrogens with zero attached hydrogens (tertiary/aromatic N) is 2.